The topological polar surface area (TPSA) is 83.8 Å². The number of hydrogen-bond donors (Lipinski definition) is 1. The van der Waals surface area contributed by atoms with Crippen LogP contribution in [0.3, 0.4) is 0 Å². The molecule has 0 unspecified atom stereocenters. The van der Waals surface area contributed by atoms with Gasteiger partial charge in [0.05, 0.1) is 17.8 Å². The van der Waals surface area contributed by atoms with E-state index in [2.05, 4.69) is 16.8 Å². The number of benzene rings is 1. The highest BCUT2D eigenvalue weighted by Gasteiger charge is 2.23. The predicted octanol–water partition coefficient (Wildman–Crippen LogP) is 3.12. The number of pyridine rings is 1. The normalized spacial score (nSPS) is 10.3. The lowest BCUT2D eigenvalue weighted by atomic mass is 9.93. The van der Waals surface area contributed by atoms with E-state index < -0.39 is 0 Å². The summed E-state index contributed by atoms with van der Waals surface area (Å²) < 4.78 is 2.88. The van der Waals surface area contributed by atoms with Gasteiger partial charge in [-0.25, -0.2) is 4.68 Å². The number of hydrogen-bond acceptors (Lipinski definition) is 4. The molecule has 146 valence electrons. The van der Waals surface area contributed by atoms with E-state index in [1.165, 1.54) is 15.6 Å². The Bertz CT molecular complexity index is 1230. The van der Waals surface area contributed by atoms with E-state index in [0.717, 1.165) is 22.3 Å². The Morgan fingerprint density at radius 1 is 1.21 bits per heavy atom. The third-order valence-electron chi connectivity index (χ3n) is 4.92. The summed E-state index contributed by atoms with van der Waals surface area (Å²) in [6.07, 6.45) is 2.18. The van der Waals surface area contributed by atoms with Crippen LogP contribution in [0.2, 0.25) is 0 Å². The summed E-state index contributed by atoms with van der Waals surface area (Å²) in [5, 5.41) is 19.7. The Kier molecular flexibility index (Phi) is 5.57. The highest BCUT2D eigenvalue weighted by atomic mass is 16.3. The second kappa shape index (κ2) is 8.08. The highest BCUT2D eigenvalue weighted by Crippen LogP contribution is 2.33. The molecule has 6 heteroatoms. The van der Waals surface area contributed by atoms with Crippen molar-refractivity contribution in [1.82, 2.24) is 14.3 Å². The first-order valence-electron chi connectivity index (χ1n) is 9.31. The Morgan fingerprint density at radius 3 is 2.55 bits per heavy atom. The van der Waals surface area contributed by atoms with Crippen molar-refractivity contribution in [1.29, 1.82) is 5.26 Å². The van der Waals surface area contributed by atoms with Crippen LogP contribution in [0, 0.1) is 30.1 Å². The molecule has 1 N–H and O–H groups in total. The van der Waals surface area contributed by atoms with Crippen LogP contribution in [0.5, 0.6) is 5.88 Å². The van der Waals surface area contributed by atoms with Crippen molar-refractivity contribution in [2.24, 2.45) is 7.05 Å². The molecule has 0 atom stereocenters. The minimum Gasteiger partial charge on any atom is -0.493 e. The Labute approximate surface area is 169 Å². The fourth-order valence-electron chi connectivity index (χ4n) is 3.48. The molecule has 2 aromatic heterocycles. The van der Waals surface area contributed by atoms with Gasteiger partial charge >= 0.3 is 0 Å². The van der Waals surface area contributed by atoms with Crippen molar-refractivity contribution >= 4 is 0 Å². The van der Waals surface area contributed by atoms with E-state index in [0.29, 0.717) is 17.7 Å². The maximum atomic E-state index is 13.2. The van der Waals surface area contributed by atoms with Crippen molar-refractivity contribution in [3.05, 3.63) is 68.8 Å². The zero-order valence-electron chi connectivity index (χ0n) is 16.9. The summed E-state index contributed by atoms with van der Waals surface area (Å²) >= 11 is 0. The summed E-state index contributed by atoms with van der Waals surface area (Å²) in [6.45, 7) is 5.91. The van der Waals surface area contributed by atoms with Crippen LogP contribution in [0.1, 0.15) is 41.8 Å². The lowest BCUT2D eigenvalue weighted by Crippen LogP contribution is -2.23. The SMILES string of the molecule is CC#Cc1cc(C)c(-c2c(O)n(C)n(Cc3ccc(C#N)cn3)c2=O)c(CC)c1. The number of rotatable bonds is 4. The van der Waals surface area contributed by atoms with Gasteiger partial charge in [-0.1, -0.05) is 12.8 Å². The van der Waals surface area contributed by atoms with E-state index >= 15 is 0 Å². The quantitative estimate of drug-likeness (QED) is 0.698. The van der Waals surface area contributed by atoms with Crippen molar-refractivity contribution in [2.75, 3.05) is 0 Å². The van der Waals surface area contributed by atoms with Gasteiger partial charge in [-0.2, -0.15) is 5.26 Å². The summed E-state index contributed by atoms with van der Waals surface area (Å²) in [5.74, 6) is 5.87. The van der Waals surface area contributed by atoms with E-state index in [-0.39, 0.29) is 23.5 Å². The fourth-order valence-corrected chi connectivity index (χ4v) is 3.48. The van der Waals surface area contributed by atoms with Crippen LogP contribution in [0.15, 0.2) is 35.3 Å². The molecule has 29 heavy (non-hydrogen) atoms. The molecular weight excluding hydrogens is 364 g/mol. The molecule has 6 nitrogen and oxygen atoms in total. The standard InChI is InChI=1S/C23H22N4O2/c1-5-7-16-10-15(3)20(18(6-2)11-16)21-22(28)26(4)27(23(21)29)14-19-9-8-17(12-24)13-25-19/h8-11,13,28H,6,14H2,1-4H3. The Balaban J connectivity index is 2.15. The van der Waals surface area contributed by atoms with Gasteiger partial charge in [0, 0.05) is 18.8 Å². The Morgan fingerprint density at radius 2 is 1.97 bits per heavy atom. The molecule has 3 aromatic rings. The predicted molar refractivity (Wildman–Crippen MR) is 111 cm³/mol. The summed E-state index contributed by atoms with van der Waals surface area (Å²) in [5.41, 5.74) is 4.57. The minimum atomic E-state index is -0.289. The van der Waals surface area contributed by atoms with Gasteiger partial charge in [-0.15, -0.1) is 5.92 Å². The minimum absolute atomic E-state index is 0.0872. The number of nitriles is 1. The second-order valence-electron chi connectivity index (χ2n) is 6.79. The number of aromatic nitrogens is 3. The van der Waals surface area contributed by atoms with Crippen molar-refractivity contribution in [2.45, 2.75) is 33.7 Å². The van der Waals surface area contributed by atoms with Gasteiger partial charge in [0.2, 0.25) is 5.88 Å². The van der Waals surface area contributed by atoms with E-state index in [1.54, 1.807) is 26.1 Å². The monoisotopic (exact) mass is 386 g/mol. The lowest BCUT2D eigenvalue weighted by molar-refractivity contribution is 0.389. The van der Waals surface area contributed by atoms with Gasteiger partial charge in [0.25, 0.3) is 5.56 Å². The molecule has 0 bridgehead atoms. The van der Waals surface area contributed by atoms with Crippen molar-refractivity contribution in [3.8, 4) is 34.9 Å². The molecule has 0 saturated heterocycles. The summed E-state index contributed by atoms with van der Waals surface area (Å²) in [4.78, 5) is 17.5. The molecule has 0 saturated carbocycles. The van der Waals surface area contributed by atoms with Gasteiger partial charge in [-0.3, -0.25) is 14.5 Å². The van der Waals surface area contributed by atoms with Crippen LogP contribution in [0.4, 0.5) is 0 Å². The smallest absolute Gasteiger partial charge is 0.278 e. The molecular formula is C23H22N4O2. The maximum absolute atomic E-state index is 13.2. The largest absolute Gasteiger partial charge is 0.493 e. The average Bonchev–Trinajstić information content (AvgIpc) is 2.92. The molecule has 2 heterocycles. The number of aryl methyl sites for hydroxylation is 2. The van der Waals surface area contributed by atoms with E-state index in [1.807, 2.05) is 32.0 Å². The molecule has 0 fully saturated rings. The lowest BCUT2D eigenvalue weighted by Gasteiger charge is -2.11. The van der Waals surface area contributed by atoms with Gasteiger partial charge < -0.3 is 5.11 Å². The van der Waals surface area contributed by atoms with Crippen molar-refractivity contribution in [3.63, 3.8) is 0 Å². The van der Waals surface area contributed by atoms with Gasteiger partial charge in [-0.05, 0) is 61.2 Å². The molecule has 0 spiro atoms. The third-order valence-corrected chi connectivity index (χ3v) is 4.92. The molecule has 0 amide bonds. The van der Waals surface area contributed by atoms with Crippen LogP contribution >= 0.6 is 0 Å². The molecule has 0 radical (unpaired) electrons. The average molecular weight is 386 g/mol. The second-order valence-corrected chi connectivity index (χ2v) is 6.79. The molecule has 3 rings (SSSR count). The van der Waals surface area contributed by atoms with E-state index in [9.17, 15) is 9.90 Å². The van der Waals surface area contributed by atoms with Crippen LogP contribution < -0.4 is 5.56 Å². The van der Waals surface area contributed by atoms with E-state index in [4.69, 9.17) is 5.26 Å². The fraction of sp³-hybridized carbons (Fsp3) is 0.261. The molecule has 0 aliphatic carbocycles. The first kappa shape index (κ1) is 20.0. The zero-order valence-corrected chi connectivity index (χ0v) is 16.9. The molecule has 1 aromatic carbocycles. The molecule has 0 aliphatic heterocycles. The zero-order chi connectivity index (χ0) is 21.1. The van der Waals surface area contributed by atoms with Crippen LogP contribution in [-0.4, -0.2) is 19.5 Å². The summed E-state index contributed by atoms with van der Waals surface area (Å²) in [7, 11) is 1.64. The first-order valence-corrected chi connectivity index (χ1v) is 9.31. The highest BCUT2D eigenvalue weighted by molar-refractivity contribution is 5.75. The maximum Gasteiger partial charge on any atom is 0.278 e. The van der Waals surface area contributed by atoms with Crippen LogP contribution in [0.25, 0.3) is 11.1 Å². The van der Waals surface area contributed by atoms with Gasteiger partial charge in [0.1, 0.15) is 11.6 Å². The molecule has 0 aliphatic rings. The third kappa shape index (κ3) is 3.66. The summed E-state index contributed by atoms with van der Waals surface area (Å²) in [6, 6.07) is 9.29. The van der Waals surface area contributed by atoms with Crippen molar-refractivity contribution < 1.29 is 5.11 Å². The first-order chi connectivity index (χ1) is 13.9. The van der Waals surface area contributed by atoms with Gasteiger partial charge in [0.15, 0.2) is 0 Å². The van der Waals surface area contributed by atoms with Crippen LogP contribution in [-0.2, 0) is 20.0 Å². The number of aromatic hydroxyl groups is 1. The number of nitrogens with zero attached hydrogens (tertiary/aromatic N) is 4. The Hall–Kier alpha value is -3.77.